The second-order valence-electron chi connectivity index (χ2n) is 4.83. The Bertz CT molecular complexity index is 455. The number of nitrogens with one attached hydrogen (secondary N) is 1. The van der Waals surface area contributed by atoms with Crippen molar-refractivity contribution in [3.8, 4) is 0 Å². The van der Waals surface area contributed by atoms with Crippen LogP contribution < -0.4 is 17.6 Å². The molecule has 138 valence electrons. The van der Waals surface area contributed by atoms with Crippen LogP contribution in [0.25, 0.3) is 0 Å². The number of aliphatic hydroxyl groups excluding tert-OH is 3. The molecule has 23 heavy (non-hydrogen) atoms. The fraction of sp³-hybridized carbons (Fsp3) is 0.727. The van der Waals surface area contributed by atoms with Gasteiger partial charge in [-0.2, -0.15) is 0 Å². The molecule has 0 saturated carbocycles. The zero-order valence-corrected chi connectivity index (χ0v) is 13.7. The van der Waals surface area contributed by atoms with Crippen molar-refractivity contribution < 1.29 is 39.2 Å². The van der Waals surface area contributed by atoms with E-state index >= 15 is 0 Å². The normalized spacial score (nSPS) is 25.5. The fourth-order valence-electron chi connectivity index (χ4n) is 2.00. The minimum atomic E-state index is -4.53. The van der Waals surface area contributed by atoms with Gasteiger partial charge in [-0.25, -0.2) is 0 Å². The molecule has 0 aromatic heterocycles. The molecule has 0 fully saturated rings. The lowest BCUT2D eigenvalue weighted by atomic mass is 9.95. The summed E-state index contributed by atoms with van der Waals surface area (Å²) < 4.78 is 16.6. The number of amides is 1. The van der Waals surface area contributed by atoms with E-state index in [2.05, 4.69) is 5.32 Å². The predicted octanol–water partition coefficient (Wildman–Crippen LogP) is -1.62. The van der Waals surface area contributed by atoms with Crippen LogP contribution in [-0.2, 0) is 14.1 Å². The minimum absolute atomic E-state index is 0. The van der Waals surface area contributed by atoms with Gasteiger partial charge in [0, 0.05) is 18.7 Å². The number of hydrogen-bond acceptors (Lipinski definition) is 8. The average molecular weight is 359 g/mol. The maximum absolute atomic E-state index is 11.3. The maximum atomic E-state index is 11.3. The molecule has 12 heteroatoms. The highest BCUT2D eigenvalue weighted by Crippen LogP contribution is 2.49. The van der Waals surface area contributed by atoms with Crippen molar-refractivity contribution in [2.45, 2.75) is 37.7 Å². The van der Waals surface area contributed by atoms with Crippen molar-refractivity contribution >= 4 is 13.5 Å². The van der Waals surface area contributed by atoms with Crippen LogP contribution in [0.5, 0.6) is 0 Å². The minimum Gasteiger partial charge on any atom is -0.394 e. The molecule has 1 amide bonds. The van der Waals surface area contributed by atoms with E-state index in [0.29, 0.717) is 0 Å². The molecule has 1 rings (SSSR count). The fourth-order valence-corrected chi connectivity index (χ4v) is 2.77. The van der Waals surface area contributed by atoms with Gasteiger partial charge in [0.1, 0.15) is 6.10 Å². The van der Waals surface area contributed by atoms with Crippen molar-refractivity contribution in [1.29, 1.82) is 0 Å². The number of rotatable bonds is 6. The largest absolute Gasteiger partial charge is 0.394 e. The molecule has 12 N–H and O–H groups in total. The van der Waals surface area contributed by atoms with Crippen LogP contribution in [0.3, 0.4) is 0 Å². The lowest BCUT2D eigenvalue weighted by Crippen LogP contribution is -2.53. The topological polar surface area (TPSA) is 227 Å². The first-order chi connectivity index (χ1) is 9.65. The van der Waals surface area contributed by atoms with E-state index in [-0.39, 0.29) is 30.6 Å². The molecule has 0 spiro atoms. The Morgan fingerprint density at radius 3 is 2.48 bits per heavy atom. The van der Waals surface area contributed by atoms with Crippen molar-refractivity contribution in [3.05, 3.63) is 11.4 Å². The molecular formula is C11H26N3O8P. The second-order valence-corrected chi connectivity index (χ2v) is 6.49. The van der Waals surface area contributed by atoms with Crippen LogP contribution in [0.15, 0.2) is 11.4 Å². The Morgan fingerprint density at radius 1 is 1.48 bits per heavy atom. The second kappa shape index (κ2) is 10.1. The third-order valence-corrected chi connectivity index (χ3v) is 4.08. The van der Waals surface area contributed by atoms with Gasteiger partial charge in [0.05, 0.1) is 31.5 Å². The van der Waals surface area contributed by atoms with Crippen molar-refractivity contribution in [2.75, 3.05) is 13.2 Å². The van der Waals surface area contributed by atoms with Crippen molar-refractivity contribution in [1.82, 2.24) is 17.6 Å². The Hall–Kier alpha value is -0.880. The van der Waals surface area contributed by atoms with E-state index in [1.807, 2.05) is 0 Å². The van der Waals surface area contributed by atoms with E-state index in [0.717, 1.165) is 6.08 Å². The number of hydrogen-bond donors (Lipinski definition) is 8. The molecule has 0 aliphatic heterocycles. The molecule has 11 nitrogen and oxygen atoms in total. The molecule has 0 radical (unpaired) electrons. The van der Waals surface area contributed by atoms with Gasteiger partial charge in [-0.1, -0.05) is 0 Å². The van der Waals surface area contributed by atoms with Crippen LogP contribution in [0, 0.1) is 0 Å². The van der Waals surface area contributed by atoms with E-state index in [1.165, 1.54) is 6.92 Å². The first kappa shape index (κ1) is 24.4. The Labute approximate surface area is 133 Å². The Balaban J connectivity index is 0. The van der Waals surface area contributed by atoms with Crippen LogP contribution in [0.2, 0.25) is 0 Å². The first-order valence-electron chi connectivity index (χ1n) is 6.27. The number of aliphatic hydroxyl groups is 3. The van der Waals surface area contributed by atoms with Crippen LogP contribution in [0.1, 0.15) is 13.3 Å². The molecule has 0 saturated heterocycles. The molecular weight excluding hydrogens is 333 g/mol. The van der Waals surface area contributed by atoms with Crippen molar-refractivity contribution in [3.63, 3.8) is 0 Å². The summed E-state index contributed by atoms with van der Waals surface area (Å²) in [7, 11) is -4.53. The van der Waals surface area contributed by atoms with Gasteiger partial charge in [0.25, 0.3) is 0 Å². The smallest absolute Gasteiger partial charge is 0.352 e. The Kier molecular flexibility index (Phi) is 10.7. The summed E-state index contributed by atoms with van der Waals surface area (Å²) in [5, 5.41) is 30.0. The van der Waals surface area contributed by atoms with Crippen molar-refractivity contribution in [2.24, 2.45) is 0 Å². The summed E-state index contributed by atoms with van der Waals surface area (Å²) in [5.74, 6) is -0.441. The quantitative estimate of drug-likeness (QED) is 0.253. The molecule has 0 bridgehead atoms. The summed E-state index contributed by atoms with van der Waals surface area (Å²) in [4.78, 5) is 29.5. The molecule has 1 unspecified atom stereocenters. The molecule has 0 aromatic rings. The summed E-state index contributed by atoms with van der Waals surface area (Å²) in [6.07, 6.45) is -2.63. The summed E-state index contributed by atoms with van der Waals surface area (Å²) in [6.45, 7) is 0.397. The first-order valence-corrected chi connectivity index (χ1v) is 7.89. The predicted molar refractivity (Wildman–Crippen MR) is 81.2 cm³/mol. The van der Waals surface area contributed by atoms with Gasteiger partial charge in [-0.15, -0.1) is 0 Å². The standard InChI is InChI=1S/C11H20NO8P.2H3N/c1-6(14)12-11-9(16)2-8(21(17,18)19)3-10(11)20-5-7(15)4-13;;/h2,7,9-11,13,15-16H,3-5H2,1H3,(H,12,14)(H2,17,18,19);2*1H3/t7?,9-,10+,11+;;/m0../s1. The zero-order chi connectivity index (χ0) is 16.2. The van der Waals surface area contributed by atoms with Gasteiger partial charge in [-0.3, -0.25) is 9.36 Å². The van der Waals surface area contributed by atoms with E-state index < -0.39 is 44.5 Å². The van der Waals surface area contributed by atoms with Crippen LogP contribution in [-0.4, -0.2) is 68.6 Å². The SMILES string of the molecule is CC(=O)N[C@@H]1[C@@H](O)C=C(P(=O)(O)O)C[C@H]1OCC(O)CO.N.N. The zero-order valence-electron chi connectivity index (χ0n) is 12.8. The lowest BCUT2D eigenvalue weighted by Gasteiger charge is -2.35. The number of carbonyl (C=O) groups is 1. The van der Waals surface area contributed by atoms with E-state index in [1.54, 1.807) is 0 Å². The Morgan fingerprint density at radius 2 is 2.04 bits per heavy atom. The number of carbonyl (C=O) groups excluding carboxylic acids is 1. The highest BCUT2D eigenvalue weighted by molar-refractivity contribution is 7.56. The molecule has 0 aromatic carbocycles. The number of ether oxygens (including phenoxy) is 1. The molecule has 1 aliphatic carbocycles. The third kappa shape index (κ3) is 7.48. The van der Waals surface area contributed by atoms with E-state index in [9.17, 15) is 19.6 Å². The lowest BCUT2D eigenvalue weighted by molar-refractivity contribution is -0.123. The highest BCUT2D eigenvalue weighted by Gasteiger charge is 2.38. The monoisotopic (exact) mass is 359 g/mol. The van der Waals surface area contributed by atoms with Crippen LogP contribution >= 0.6 is 7.60 Å². The summed E-state index contributed by atoms with van der Waals surface area (Å²) in [6, 6.07) is -0.899. The van der Waals surface area contributed by atoms with Gasteiger partial charge in [-0.05, 0) is 6.08 Å². The van der Waals surface area contributed by atoms with Gasteiger partial charge in [0.15, 0.2) is 0 Å². The molecule has 1 aliphatic rings. The molecule has 0 heterocycles. The highest BCUT2D eigenvalue weighted by atomic mass is 31.2. The third-order valence-electron chi connectivity index (χ3n) is 3.00. The van der Waals surface area contributed by atoms with Gasteiger partial charge >= 0.3 is 7.60 Å². The maximum Gasteiger partial charge on any atom is 0.352 e. The molecule has 4 atom stereocenters. The van der Waals surface area contributed by atoms with E-state index in [4.69, 9.17) is 19.6 Å². The van der Waals surface area contributed by atoms with Gasteiger partial charge in [0.2, 0.25) is 5.91 Å². The summed E-state index contributed by atoms with van der Waals surface area (Å²) in [5.41, 5.74) is 0. The van der Waals surface area contributed by atoms with Crippen LogP contribution in [0.4, 0.5) is 0 Å². The average Bonchev–Trinajstić information content (AvgIpc) is 2.37. The summed E-state index contributed by atoms with van der Waals surface area (Å²) >= 11 is 0. The van der Waals surface area contributed by atoms with Gasteiger partial charge < -0.3 is 47.5 Å².